The van der Waals surface area contributed by atoms with E-state index in [9.17, 15) is 28.8 Å². The Morgan fingerprint density at radius 3 is 0.951 bits per heavy atom. The Hall–Kier alpha value is -3.26. The summed E-state index contributed by atoms with van der Waals surface area (Å²) in [6.07, 6.45) is 0. The Kier molecular flexibility index (Phi) is 13.5. The lowest BCUT2D eigenvalue weighted by Gasteiger charge is -2.34. The van der Waals surface area contributed by atoms with Crippen molar-refractivity contribution in [2.45, 2.75) is 59.7 Å². The van der Waals surface area contributed by atoms with Crippen molar-refractivity contribution in [3.63, 3.8) is 0 Å². The van der Waals surface area contributed by atoms with Crippen LogP contribution >= 0.6 is 0 Å². The molecule has 0 aromatic heterocycles. The molecule has 0 spiro atoms. The van der Waals surface area contributed by atoms with Crippen molar-refractivity contribution in [2.75, 3.05) is 78.5 Å². The summed E-state index contributed by atoms with van der Waals surface area (Å²) in [6, 6.07) is -0.914. The van der Waals surface area contributed by atoms with E-state index in [4.69, 9.17) is 0 Å². The second kappa shape index (κ2) is 16.2. The predicted octanol–water partition coefficient (Wildman–Crippen LogP) is -2.32. The number of amides is 6. The molecule has 0 aromatic carbocycles. The third-order valence-electron chi connectivity index (χ3n) is 7.10. The largest absolute Gasteiger partial charge is 0.353 e. The standard InChI is InChI=1S/C27H48N8O6/c1-19(2)33-13-22(36)28-7-10-31-11-8-29-23(37)14-34(20(3)4)26(40)17-32(16-25(33)39)18-27(41)35(21(5)6)15-24(38)30-9-12-31/h19-21H,7-18H2,1-6H3,(H,28,36)(H,29,37)(H,30,38). The highest BCUT2D eigenvalue weighted by Crippen LogP contribution is 2.08. The lowest BCUT2D eigenvalue weighted by Crippen LogP contribution is -2.55. The Balaban J connectivity index is 2.54. The lowest BCUT2D eigenvalue weighted by molar-refractivity contribution is -0.145. The third-order valence-corrected chi connectivity index (χ3v) is 7.10. The number of carbonyl (C=O) groups excluding carboxylic acids is 6. The SMILES string of the molecule is CC(C)N1CC(=O)NCCN2CCNC(=O)CN(C(C)C)C(=O)CN(CC1=O)CC(=O)N(C(C)C)CC(=O)NCC2. The fourth-order valence-corrected chi connectivity index (χ4v) is 4.72. The minimum Gasteiger partial charge on any atom is -0.353 e. The van der Waals surface area contributed by atoms with Crippen LogP contribution in [0.25, 0.3) is 0 Å². The van der Waals surface area contributed by atoms with E-state index in [0.717, 1.165) is 0 Å². The molecule has 0 aliphatic carbocycles. The van der Waals surface area contributed by atoms with Crippen LogP contribution in [-0.2, 0) is 28.8 Å². The summed E-state index contributed by atoms with van der Waals surface area (Å²) in [5.74, 6) is -2.23. The van der Waals surface area contributed by atoms with Crippen molar-refractivity contribution >= 4 is 35.4 Å². The van der Waals surface area contributed by atoms with Crippen LogP contribution in [0.1, 0.15) is 41.5 Å². The number of hydrogen-bond acceptors (Lipinski definition) is 8. The molecule has 41 heavy (non-hydrogen) atoms. The van der Waals surface area contributed by atoms with Crippen molar-refractivity contribution in [3.05, 3.63) is 0 Å². The van der Waals surface area contributed by atoms with Crippen LogP contribution in [0.15, 0.2) is 0 Å². The molecule has 14 heteroatoms. The summed E-state index contributed by atoms with van der Waals surface area (Å²) < 4.78 is 0. The van der Waals surface area contributed by atoms with Gasteiger partial charge in [-0.25, -0.2) is 0 Å². The van der Waals surface area contributed by atoms with Gasteiger partial charge in [-0.2, -0.15) is 0 Å². The molecule has 232 valence electrons. The molecule has 0 saturated carbocycles. The second-order valence-electron chi connectivity index (χ2n) is 11.4. The molecule has 6 amide bonds. The van der Waals surface area contributed by atoms with Gasteiger partial charge in [0.15, 0.2) is 0 Å². The average molecular weight is 581 g/mol. The highest BCUT2D eigenvalue weighted by atomic mass is 16.2. The van der Waals surface area contributed by atoms with E-state index < -0.39 is 17.7 Å². The molecule has 3 aliphatic heterocycles. The van der Waals surface area contributed by atoms with Gasteiger partial charge >= 0.3 is 0 Å². The molecule has 0 aromatic rings. The monoisotopic (exact) mass is 580 g/mol. The van der Waals surface area contributed by atoms with Crippen molar-refractivity contribution in [3.8, 4) is 0 Å². The molecule has 2 bridgehead atoms. The Labute approximate surface area is 243 Å². The second-order valence-corrected chi connectivity index (χ2v) is 11.4. The number of hydrogen-bond donors (Lipinski definition) is 3. The van der Waals surface area contributed by atoms with E-state index in [-0.39, 0.29) is 75.1 Å². The Morgan fingerprint density at radius 1 is 0.439 bits per heavy atom. The van der Waals surface area contributed by atoms with Gasteiger partial charge in [-0.15, -0.1) is 0 Å². The van der Waals surface area contributed by atoms with E-state index in [0.29, 0.717) is 39.3 Å². The quantitative estimate of drug-likeness (QED) is 0.336. The lowest BCUT2D eigenvalue weighted by atomic mass is 10.2. The van der Waals surface area contributed by atoms with Crippen molar-refractivity contribution in [1.29, 1.82) is 0 Å². The van der Waals surface area contributed by atoms with Gasteiger partial charge in [0.05, 0.1) is 39.3 Å². The third kappa shape index (κ3) is 11.3. The predicted molar refractivity (Wildman–Crippen MR) is 152 cm³/mol. The van der Waals surface area contributed by atoms with Gasteiger partial charge in [0.2, 0.25) is 35.4 Å². The van der Waals surface area contributed by atoms with Crippen LogP contribution in [0.3, 0.4) is 0 Å². The fraction of sp³-hybridized carbons (Fsp3) is 0.778. The van der Waals surface area contributed by atoms with E-state index in [2.05, 4.69) is 16.0 Å². The van der Waals surface area contributed by atoms with Crippen molar-refractivity contribution in [2.24, 2.45) is 0 Å². The number of rotatable bonds is 3. The summed E-state index contributed by atoms with van der Waals surface area (Å²) in [6.45, 7) is 11.7. The van der Waals surface area contributed by atoms with Gasteiger partial charge < -0.3 is 30.7 Å². The van der Waals surface area contributed by atoms with Crippen LogP contribution in [0.2, 0.25) is 0 Å². The van der Waals surface area contributed by atoms with Gasteiger partial charge in [0, 0.05) is 57.4 Å². The summed E-state index contributed by atoms with van der Waals surface area (Å²) in [5, 5.41) is 8.53. The zero-order chi connectivity index (χ0) is 30.7. The molecule has 0 unspecified atom stereocenters. The average Bonchev–Trinajstić information content (AvgIpc) is 2.86. The topological polar surface area (TPSA) is 155 Å². The molecule has 0 radical (unpaired) electrons. The van der Waals surface area contributed by atoms with Crippen LogP contribution in [0.4, 0.5) is 0 Å². The molecular weight excluding hydrogens is 532 g/mol. The van der Waals surface area contributed by atoms with Crippen LogP contribution in [0, 0.1) is 0 Å². The molecule has 3 saturated heterocycles. The van der Waals surface area contributed by atoms with Gasteiger partial charge in [0.25, 0.3) is 0 Å². The normalized spacial score (nSPS) is 24.1. The van der Waals surface area contributed by atoms with Crippen LogP contribution in [0.5, 0.6) is 0 Å². The van der Waals surface area contributed by atoms with Crippen LogP contribution < -0.4 is 16.0 Å². The molecule has 3 N–H and O–H groups in total. The van der Waals surface area contributed by atoms with Crippen molar-refractivity contribution in [1.82, 2.24) is 40.4 Å². The zero-order valence-electron chi connectivity index (χ0n) is 25.4. The molecule has 3 fully saturated rings. The smallest absolute Gasteiger partial charge is 0.239 e. The maximum Gasteiger partial charge on any atom is 0.239 e. The van der Waals surface area contributed by atoms with E-state index in [1.54, 1.807) is 41.5 Å². The first-order valence-electron chi connectivity index (χ1n) is 14.4. The fourth-order valence-electron chi connectivity index (χ4n) is 4.72. The number of carbonyl (C=O) groups is 6. The van der Waals surface area contributed by atoms with E-state index >= 15 is 0 Å². The molecule has 3 heterocycles. The first-order chi connectivity index (χ1) is 19.3. The van der Waals surface area contributed by atoms with Gasteiger partial charge in [-0.05, 0) is 41.5 Å². The van der Waals surface area contributed by atoms with Gasteiger partial charge in [-0.1, -0.05) is 0 Å². The minimum atomic E-state index is -0.415. The Morgan fingerprint density at radius 2 is 0.707 bits per heavy atom. The number of fused-ring (bicyclic) bond motifs is 21. The summed E-state index contributed by atoms with van der Waals surface area (Å²) in [7, 11) is 0. The molecule has 14 nitrogen and oxygen atoms in total. The first kappa shape index (κ1) is 33.9. The van der Waals surface area contributed by atoms with E-state index in [1.165, 1.54) is 19.6 Å². The summed E-state index contributed by atoms with van der Waals surface area (Å²) in [4.78, 5) is 86.4. The molecule has 3 rings (SSSR count). The van der Waals surface area contributed by atoms with Gasteiger partial charge in [-0.3, -0.25) is 38.6 Å². The first-order valence-corrected chi connectivity index (χ1v) is 14.4. The highest BCUT2D eigenvalue weighted by Gasteiger charge is 2.30. The molecular formula is C27H48N8O6. The maximum atomic E-state index is 13.5. The zero-order valence-corrected chi connectivity index (χ0v) is 25.4. The number of nitrogens with zero attached hydrogens (tertiary/aromatic N) is 5. The summed E-state index contributed by atoms with van der Waals surface area (Å²) >= 11 is 0. The number of nitrogens with one attached hydrogen (secondary N) is 3. The molecule has 3 aliphatic rings. The Bertz CT molecular complexity index is 837. The van der Waals surface area contributed by atoms with Crippen molar-refractivity contribution < 1.29 is 28.8 Å². The highest BCUT2D eigenvalue weighted by molar-refractivity contribution is 5.90. The van der Waals surface area contributed by atoms with Gasteiger partial charge in [0.1, 0.15) is 0 Å². The van der Waals surface area contributed by atoms with E-state index in [1.807, 2.05) is 4.90 Å². The molecule has 0 atom stereocenters. The van der Waals surface area contributed by atoms with Crippen LogP contribution in [-0.4, -0.2) is 157 Å². The maximum absolute atomic E-state index is 13.5. The minimum absolute atomic E-state index is 0.158. The summed E-state index contributed by atoms with van der Waals surface area (Å²) in [5.41, 5.74) is 0.